The maximum Gasteiger partial charge on any atom is 0.231 e. The lowest BCUT2D eigenvalue weighted by Gasteiger charge is -2.12. The molecule has 3 N–H and O–H groups in total. The summed E-state index contributed by atoms with van der Waals surface area (Å²) in [5, 5.41) is 20.0. The van der Waals surface area contributed by atoms with Crippen LogP contribution in [0.2, 0.25) is 0 Å². The van der Waals surface area contributed by atoms with E-state index in [4.69, 9.17) is 4.74 Å². The lowest BCUT2D eigenvalue weighted by molar-refractivity contribution is -0.117. The summed E-state index contributed by atoms with van der Waals surface area (Å²) in [6, 6.07) is 5.18. The lowest BCUT2D eigenvalue weighted by atomic mass is 9.93. The molecule has 3 rings (SSSR count). The summed E-state index contributed by atoms with van der Waals surface area (Å²) in [6.07, 6.45) is 2.19. The molecular formula is C15H11NO5. The number of Topliss-reactive ketones (excluding diaryl/α,β-unsaturated/α-hetero) is 1. The van der Waals surface area contributed by atoms with Crippen LogP contribution in [0.4, 0.5) is 0 Å². The van der Waals surface area contributed by atoms with Gasteiger partial charge in [-0.15, -0.1) is 0 Å². The van der Waals surface area contributed by atoms with Crippen LogP contribution in [0.25, 0.3) is 16.5 Å². The standard InChI is InChI=1S/C15H11NO5/c1-21-11-4-2-3-7-8(6-16-13(7)11)12-14(19)9(17)5-10(18)15(12)20/h2-6,16-17,20H,1H3. The molecule has 2 aromatic rings. The van der Waals surface area contributed by atoms with E-state index in [9.17, 15) is 19.8 Å². The van der Waals surface area contributed by atoms with Gasteiger partial charge in [-0.05, 0) is 6.07 Å². The van der Waals surface area contributed by atoms with Crippen molar-refractivity contribution in [3.05, 3.63) is 47.6 Å². The number of aromatic amines is 1. The van der Waals surface area contributed by atoms with Crippen LogP contribution in [0.3, 0.4) is 0 Å². The van der Waals surface area contributed by atoms with Crippen molar-refractivity contribution in [2.24, 2.45) is 0 Å². The number of hydrogen-bond donors (Lipinski definition) is 3. The minimum Gasteiger partial charge on any atom is -0.504 e. The number of hydrogen-bond acceptors (Lipinski definition) is 5. The predicted octanol–water partition coefficient (Wildman–Crippen LogP) is 2.04. The van der Waals surface area contributed by atoms with Gasteiger partial charge in [0.05, 0.1) is 18.2 Å². The Morgan fingerprint density at radius 2 is 1.95 bits per heavy atom. The average Bonchev–Trinajstić information content (AvgIpc) is 2.89. The van der Waals surface area contributed by atoms with E-state index < -0.39 is 23.1 Å². The summed E-state index contributed by atoms with van der Waals surface area (Å²) in [7, 11) is 1.51. The number of carbonyl (C=O) groups is 2. The average molecular weight is 285 g/mol. The largest absolute Gasteiger partial charge is 0.504 e. The van der Waals surface area contributed by atoms with Crippen LogP contribution in [0.5, 0.6) is 5.75 Å². The highest BCUT2D eigenvalue weighted by Crippen LogP contribution is 2.34. The zero-order valence-corrected chi connectivity index (χ0v) is 11.0. The van der Waals surface area contributed by atoms with Crippen molar-refractivity contribution in [1.29, 1.82) is 0 Å². The molecule has 1 aliphatic carbocycles. The number of fused-ring (bicyclic) bond motifs is 1. The van der Waals surface area contributed by atoms with Crippen molar-refractivity contribution in [3.63, 3.8) is 0 Å². The summed E-state index contributed by atoms with van der Waals surface area (Å²) in [5.74, 6) is -2.41. The van der Waals surface area contributed by atoms with Crippen molar-refractivity contribution in [1.82, 2.24) is 4.98 Å². The molecule has 1 aromatic heterocycles. The first-order valence-corrected chi connectivity index (χ1v) is 6.12. The third-order valence-corrected chi connectivity index (χ3v) is 3.36. The first kappa shape index (κ1) is 13.0. The topological polar surface area (TPSA) is 99.6 Å². The molecule has 0 spiro atoms. The van der Waals surface area contributed by atoms with Crippen LogP contribution in [-0.4, -0.2) is 33.9 Å². The molecule has 0 unspecified atom stereocenters. The molecule has 1 aliphatic rings. The van der Waals surface area contributed by atoms with E-state index >= 15 is 0 Å². The Bertz CT molecular complexity index is 841. The van der Waals surface area contributed by atoms with Crippen LogP contribution < -0.4 is 4.74 Å². The highest BCUT2D eigenvalue weighted by atomic mass is 16.5. The molecule has 0 atom stereocenters. The summed E-state index contributed by atoms with van der Waals surface area (Å²) in [4.78, 5) is 26.6. The van der Waals surface area contributed by atoms with Gasteiger partial charge < -0.3 is 19.9 Å². The van der Waals surface area contributed by atoms with Crippen LogP contribution in [0.1, 0.15) is 5.56 Å². The van der Waals surface area contributed by atoms with Crippen molar-refractivity contribution >= 4 is 28.0 Å². The summed E-state index contributed by atoms with van der Waals surface area (Å²) in [6.45, 7) is 0. The summed E-state index contributed by atoms with van der Waals surface area (Å²) in [5.41, 5.74) is 0.739. The molecule has 6 heteroatoms. The van der Waals surface area contributed by atoms with Gasteiger partial charge >= 0.3 is 0 Å². The number of aromatic nitrogens is 1. The van der Waals surface area contributed by atoms with Crippen LogP contribution in [0.15, 0.2) is 42.0 Å². The van der Waals surface area contributed by atoms with Gasteiger partial charge in [-0.1, -0.05) is 12.1 Å². The van der Waals surface area contributed by atoms with E-state index in [0.29, 0.717) is 28.3 Å². The van der Waals surface area contributed by atoms with Gasteiger partial charge in [-0.25, -0.2) is 0 Å². The molecule has 1 heterocycles. The zero-order valence-electron chi connectivity index (χ0n) is 11.0. The van der Waals surface area contributed by atoms with Crippen molar-refractivity contribution in [2.75, 3.05) is 7.11 Å². The molecule has 1 aromatic carbocycles. The number of aliphatic hydroxyl groups excluding tert-OH is 2. The number of allylic oxidation sites excluding steroid dienone is 2. The third kappa shape index (κ3) is 1.80. The molecule has 0 amide bonds. The number of aliphatic hydroxyl groups is 2. The van der Waals surface area contributed by atoms with E-state index in [-0.39, 0.29) is 5.57 Å². The van der Waals surface area contributed by atoms with Crippen LogP contribution in [0, 0.1) is 0 Å². The van der Waals surface area contributed by atoms with E-state index in [1.165, 1.54) is 13.3 Å². The minimum absolute atomic E-state index is 0.223. The van der Waals surface area contributed by atoms with Gasteiger partial charge in [-0.3, -0.25) is 9.59 Å². The number of rotatable bonds is 2. The first-order chi connectivity index (χ1) is 10.0. The van der Waals surface area contributed by atoms with E-state index in [1.807, 2.05) is 0 Å². The molecular weight excluding hydrogens is 274 g/mol. The number of nitrogens with one attached hydrogen (secondary N) is 1. The smallest absolute Gasteiger partial charge is 0.231 e. The predicted molar refractivity (Wildman–Crippen MR) is 75.1 cm³/mol. The number of ether oxygens (including phenoxy) is 1. The second kappa shape index (κ2) is 4.52. The number of para-hydroxylation sites is 1. The minimum atomic E-state index is -0.806. The van der Waals surface area contributed by atoms with Crippen LogP contribution >= 0.6 is 0 Å². The van der Waals surface area contributed by atoms with Gasteiger partial charge in [0.1, 0.15) is 5.75 Å². The molecule has 0 radical (unpaired) electrons. The Hall–Kier alpha value is -3.02. The molecule has 0 saturated carbocycles. The molecule has 0 saturated heterocycles. The Morgan fingerprint density at radius 3 is 2.67 bits per heavy atom. The second-order valence-electron chi connectivity index (χ2n) is 4.53. The summed E-state index contributed by atoms with van der Waals surface area (Å²) < 4.78 is 5.20. The second-order valence-corrected chi connectivity index (χ2v) is 4.53. The number of benzene rings is 1. The Kier molecular flexibility index (Phi) is 2.79. The van der Waals surface area contributed by atoms with Crippen molar-refractivity contribution in [2.45, 2.75) is 0 Å². The Balaban J connectivity index is 2.28. The first-order valence-electron chi connectivity index (χ1n) is 6.12. The fraction of sp³-hybridized carbons (Fsp3) is 0.0667. The lowest BCUT2D eigenvalue weighted by Crippen LogP contribution is -2.18. The maximum absolute atomic E-state index is 12.0. The number of H-pyrrole nitrogens is 1. The number of carbonyl (C=O) groups excluding carboxylic acids is 2. The van der Waals surface area contributed by atoms with E-state index in [0.717, 1.165) is 0 Å². The van der Waals surface area contributed by atoms with Crippen LogP contribution in [-0.2, 0) is 9.59 Å². The highest BCUT2D eigenvalue weighted by Gasteiger charge is 2.31. The van der Waals surface area contributed by atoms with Gasteiger partial charge in [0.2, 0.25) is 11.6 Å². The molecule has 6 nitrogen and oxygen atoms in total. The fourth-order valence-corrected chi connectivity index (χ4v) is 2.37. The van der Waals surface area contributed by atoms with Crippen molar-refractivity contribution < 1.29 is 24.5 Å². The molecule has 0 fully saturated rings. The van der Waals surface area contributed by atoms with Gasteiger partial charge in [0.15, 0.2) is 11.5 Å². The normalized spacial score (nSPS) is 15.6. The van der Waals surface area contributed by atoms with Gasteiger partial charge in [0.25, 0.3) is 0 Å². The maximum atomic E-state index is 12.0. The van der Waals surface area contributed by atoms with E-state index in [1.54, 1.807) is 18.2 Å². The fourth-order valence-electron chi connectivity index (χ4n) is 2.37. The molecule has 21 heavy (non-hydrogen) atoms. The quantitative estimate of drug-likeness (QED) is 0.733. The zero-order chi connectivity index (χ0) is 15.1. The molecule has 0 aliphatic heterocycles. The van der Waals surface area contributed by atoms with Crippen molar-refractivity contribution in [3.8, 4) is 5.75 Å². The third-order valence-electron chi connectivity index (χ3n) is 3.36. The summed E-state index contributed by atoms with van der Waals surface area (Å²) >= 11 is 0. The number of methoxy groups -OCH3 is 1. The van der Waals surface area contributed by atoms with E-state index in [2.05, 4.69) is 4.98 Å². The SMILES string of the molecule is COc1cccc2c(C3=C(O)C(=O)C=C(O)C3=O)c[nH]c12. The Labute approximate surface area is 119 Å². The highest BCUT2D eigenvalue weighted by molar-refractivity contribution is 6.38. The Morgan fingerprint density at radius 1 is 1.19 bits per heavy atom. The molecule has 0 bridgehead atoms. The number of ketones is 2. The molecule has 106 valence electrons. The van der Waals surface area contributed by atoms with Gasteiger partial charge in [-0.2, -0.15) is 0 Å². The monoisotopic (exact) mass is 285 g/mol. The van der Waals surface area contributed by atoms with Gasteiger partial charge in [0, 0.05) is 23.2 Å².